The average Bonchev–Trinajstić information content (AvgIpc) is 2.24. The maximum absolute atomic E-state index is 12.1. The van der Waals surface area contributed by atoms with Gasteiger partial charge >= 0.3 is 6.18 Å². The number of hydrogen-bond acceptors (Lipinski definition) is 3. The van der Waals surface area contributed by atoms with E-state index in [1.54, 1.807) is 6.07 Å². The molecule has 1 rings (SSSR count). The number of halogens is 3. The summed E-state index contributed by atoms with van der Waals surface area (Å²) in [4.78, 5) is 4.14. The van der Waals surface area contributed by atoms with Crippen molar-refractivity contribution in [3.63, 3.8) is 0 Å². The van der Waals surface area contributed by atoms with Gasteiger partial charge in [0.05, 0.1) is 0 Å². The quantitative estimate of drug-likeness (QED) is 0.867. The predicted octanol–water partition coefficient (Wildman–Crippen LogP) is 2.99. The molecular weight excluding hydrogens is 255 g/mol. The van der Waals surface area contributed by atoms with E-state index < -0.39 is 12.7 Å². The molecule has 0 saturated carbocycles. The van der Waals surface area contributed by atoms with Crippen LogP contribution in [0.3, 0.4) is 0 Å². The van der Waals surface area contributed by atoms with Crippen molar-refractivity contribution in [2.45, 2.75) is 38.9 Å². The third kappa shape index (κ3) is 7.66. The van der Waals surface area contributed by atoms with Crippen molar-refractivity contribution < 1.29 is 13.2 Å². The standard InChI is InChI=1S/C13H20F3N3/c1-12(2,3)18-8-7-10-5-4-6-11(19-10)17-9-13(14,15)16/h4-6,18H,7-9H2,1-3H3,(H,17,19). The van der Waals surface area contributed by atoms with Crippen LogP contribution in [0.4, 0.5) is 19.0 Å². The normalized spacial score (nSPS) is 12.5. The minimum absolute atomic E-state index is 0.0200. The fraction of sp³-hybridized carbons (Fsp3) is 0.615. The molecule has 1 aromatic rings. The molecule has 1 aromatic heterocycles. The minimum Gasteiger partial charge on any atom is -0.361 e. The molecule has 0 aliphatic rings. The fourth-order valence-electron chi connectivity index (χ4n) is 1.47. The molecule has 0 spiro atoms. The van der Waals surface area contributed by atoms with Crippen LogP contribution in [0.2, 0.25) is 0 Å². The Bertz CT molecular complexity index is 397. The maximum Gasteiger partial charge on any atom is 0.405 e. The summed E-state index contributed by atoms with van der Waals surface area (Å²) in [6.07, 6.45) is -3.55. The first-order chi connectivity index (χ1) is 8.66. The lowest BCUT2D eigenvalue weighted by molar-refractivity contribution is -0.115. The number of rotatable bonds is 5. The van der Waals surface area contributed by atoms with Crippen molar-refractivity contribution >= 4 is 5.82 Å². The second-order valence-electron chi connectivity index (χ2n) is 5.41. The van der Waals surface area contributed by atoms with Gasteiger partial charge in [0.25, 0.3) is 0 Å². The minimum atomic E-state index is -4.23. The van der Waals surface area contributed by atoms with Crippen LogP contribution in [0, 0.1) is 0 Å². The Morgan fingerprint density at radius 2 is 1.84 bits per heavy atom. The summed E-state index contributed by atoms with van der Waals surface area (Å²) in [5, 5.41) is 5.58. The van der Waals surface area contributed by atoms with Gasteiger partial charge in [-0.05, 0) is 32.9 Å². The predicted molar refractivity (Wildman–Crippen MR) is 70.2 cm³/mol. The summed E-state index contributed by atoms with van der Waals surface area (Å²) >= 11 is 0. The highest BCUT2D eigenvalue weighted by Gasteiger charge is 2.26. The first kappa shape index (κ1) is 15.8. The molecule has 1 heterocycles. The Labute approximate surface area is 111 Å². The molecule has 0 amide bonds. The number of nitrogens with one attached hydrogen (secondary N) is 2. The Morgan fingerprint density at radius 1 is 1.16 bits per heavy atom. The van der Waals surface area contributed by atoms with Crippen LogP contribution >= 0.6 is 0 Å². The van der Waals surface area contributed by atoms with Crippen molar-refractivity contribution in [1.82, 2.24) is 10.3 Å². The van der Waals surface area contributed by atoms with Gasteiger partial charge in [-0.2, -0.15) is 13.2 Å². The van der Waals surface area contributed by atoms with Gasteiger partial charge in [0.15, 0.2) is 0 Å². The highest BCUT2D eigenvalue weighted by Crippen LogP contribution is 2.15. The van der Waals surface area contributed by atoms with Gasteiger partial charge in [0.1, 0.15) is 12.4 Å². The molecule has 108 valence electrons. The number of hydrogen-bond donors (Lipinski definition) is 2. The van der Waals surface area contributed by atoms with E-state index in [0.717, 1.165) is 12.2 Å². The molecule has 0 aromatic carbocycles. The Balaban J connectivity index is 2.48. The summed E-state index contributed by atoms with van der Waals surface area (Å²) < 4.78 is 36.2. The topological polar surface area (TPSA) is 37.0 Å². The molecule has 0 atom stereocenters. The maximum atomic E-state index is 12.1. The molecule has 0 unspecified atom stereocenters. The van der Waals surface area contributed by atoms with Gasteiger partial charge in [0.2, 0.25) is 0 Å². The monoisotopic (exact) mass is 275 g/mol. The van der Waals surface area contributed by atoms with E-state index in [2.05, 4.69) is 36.4 Å². The summed E-state index contributed by atoms with van der Waals surface area (Å²) in [5.74, 6) is 0.255. The first-order valence-electron chi connectivity index (χ1n) is 6.17. The highest BCUT2D eigenvalue weighted by molar-refractivity contribution is 5.35. The van der Waals surface area contributed by atoms with Gasteiger partial charge in [-0.25, -0.2) is 4.98 Å². The summed E-state index contributed by atoms with van der Waals surface area (Å²) in [6.45, 7) is 5.84. The molecular formula is C13H20F3N3. The van der Waals surface area contributed by atoms with E-state index >= 15 is 0 Å². The van der Waals surface area contributed by atoms with E-state index in [9.17, 15) is 13.2 Å². The van der Waals surface area contributed by atoms with Gasteiger partial charge in [-0.3, -0.25) is 0 Å². The van der Waals surface area contributed by atoms with Crippen LogP contribution in [0.15, 0.2) is 18.2 Å². The molecule has 6 heteroatoms. The summed E-state index contributed by atoms with van der Waals surface area (Å²) in [7, 11) is 0. The molecule has 0 fully saturated rings. The number of nitrogens with zero attached hydrogens (tertiary/aromatic N) is 1. The number of anilines is 1. The van der Waals surface area contributed by atoms with E-state index in [1.165, 1.54) is 6.07 Å². The first-order valence-corrected chi connectivity index (χ1v) is 6.17. The van der Waals surface area contributed by atoms with Crippen LogP contribution < -0.4 is 10.6 Å². The second kappa shape index (κ2) is 6.23. The van der Waals surface area contributed by atoms with Crippen LogP contribution in [0.5, 0.6) is 0 Å². The third-order valence-corrected chi connectivity index (χ3v) is 2.31. The van der Waals surface area contributed by atoms with Gasteiger partial charge < -0.3 is 10.6 Å². The van der Waals surface area contributed by atoms with Crippen molar-refractivity contribution in [3.05, 3.63) is 23.9 Å². The molecule has 0 bridgehead atoms. The lowest BCUT2D eigenvalue weighted by atomic mass is 10.1. The fourth-order valence-corrected chi connectivity index (χ4v) is 1.47. The third-order valence-electron chi connectivity index (χ3n) is 2.31. The smallest absolute Gasteiger partial charge is 0.361 e. The lowest BCUT2D eigenvalue weighted by Gasteiger charge is -2.20. The van der Waals surface area contributed by atoms with Crippen LogP contribution in [-0.2, 0) is 6.42 Å². The van der Waals surface area contributed by atoms with E-state index in [-0.39, 0.29) is 11.4 Å². The van der Waals surface area contributed by atoms with Gasteiger partial charge in [-0.15, -0.1) is 0 Å². The van der Waals surface area contributed by atoms with E-state index in [4.69, 9.17) is 0 Å². The zero-order valence-electron chi connectivity index (χ0n) is 11.4. The van der Waals surface area contributed by atoms with Crippen molar-refractivity contribution in [2.24, 2.45) is 0 Å². The molecule has 0 radical (unpaired) electrons. The Hall–Kier alpha value is -1.30. The Morgan fingerprint density at radius 3 is 2.42 bits per heavy atom. The molecule has 2 N–H and O–H groups in total. The van der Waals surface area contributed by atoms with Crippen LogP contribution in [0.1, 0.15) is 26.5 Å². The number of pyridine rings is 1. The SMILES string of the molecule is CC(C)(C)NCCc1cccc(NCC(F)(F)F)n1. The van der Waals surface area contributed by atoms with Crippen molar-refractivity contribution in [3.8, 4) is 0 Å². The zero-order valence-corrected chi connectivity index (χ0v) is 11.4. The molecule has 3 nitrogen and oxygen atoms in total. The zero-order chi connectivity index (χ0) is 14.5. The van der Waals surface area contributed by atoms with E-state index in [1.807, 2.05) is 6.07 Å². The lowest BCUT2D eigenvalue weighted by Crippen LogP contribution is -2.37. The Kier molecular flexibility index (Phi) is 5.17. The van der Waals surface area contributed by atoms with Crippen molar-refractivity contribution in [1.29, 1.82) is 0 Å². The van der Waals surface area contributed by atoms with Crippen LogP contribution in [0.25, 0.3) is 0 Å². The van der Waals surface area contributed by atoms with E-state index in [0.29, 0.717) is 6.42 Å². The average molecular weight is 275 g/mol. The number of alkyl halides is 3. The largest absolute Gasteiger partial charge is 0.405 e. The number of aromatic nitrogens is 1. The molecule has 19 heavy (non-hydrogen) atoms. The molecule has 0 aliphatic heterocycles. The van der Waals surface area contributed by atoms with Gasteiger partial charge in [0, 0.05) is 24.2 Å². The second-order valence-corrected chi connectivity index (χ2v) is 5.41. The van der Waals surface area contributed by atoms with Crippen LogP contribution in [-0.4, -0.2) is 29.8 Å². The molecule has 0 saturated heterocycles. The van der Waals surface area contributed by atoms with Crippen molar-refractivity contribution in [2.75, 3.05) is 18.4 Å². The molecule has 0 aliphatic carbocycles. The summed E-state index contributed by atoms with van der Waals surface area (Å²) in [5.41, 5.74) is 0.788. The highest BCUT2D eigenvalue weighted by atomic mass is 19.4. The summed E-state index contributed by atoms with van der Waals surface area (Å²) in [6, 6.07) is 5.05. The van der Waals surface area contributed by atoms with Gasteiger partial charge in [-0.1, -0.05) is 6.07 Å².